The Morgan fingerprint density at radius 2 is 2.00 bits per heavy atom. The molecule has 0 aliphatic carbocycles. The lowest BCUT2D eigenvalue weighted by Crippen LogP contribution is -2.91. The summed E-state index contributed by atoms with van der Waals surface area (Å²) < 4.78 is 2.33. The SMILES string of the molecule is [BH3-][NH2+][BH2-][n+]1ccc(N(C)C)cc1. The van der Waals surface area contributed by atoms with E-state index in [0.29, 0.717) is 7.98 Å². The van der Waals surface area contributed by atoms with Crippen molar-refractivity contribution in [2.45, 2.75) is 0 Å². The van der Waals surface area contributed by atoms with Crippen LogP contribution in [0, 0.1) is 0 Å². The number of nitrogens with two attached hydrogens (primary N) is 1. The fourth-order valence-electron chi connectivity index (χ4n) is 0.963. The molecule has 0 atom stereocenters. The van der Waals surface area contributed by atoms with Crippen molar-refractivity contribution in [3.63, 3.8) is 0 Å². The Morgan fingerprint density at radius 1 is 1.42 bits per heavy atom. The highest BCUT2D eigenvalue weighted by Crippen LogP contribution is 2.04. The number of rotatable bonds is 3. The van der Waals surface area contributed by atoms with Gasteiger partial charge in [0.15, 0.2) is 0 Å². The molecule has 0 aliphatic rings. The molecule has 1 aromatic heterocycles. The first kappa shape index (κ1) is 9.13. The van der Waals surface area contributed by atoms with Crippen LogP contribution >= 0.6 is 0 Å². The highest BCUT2D eigenvalue weighted by molar-refractivity contribution is 6.19. The van der Waals surface area contributed by atoms with E-state index in [2.05, 4.69) is 53.1 Å². The minimum absolute atomic E-state index is 0.0575. The van der Waals surface area contributed by atoms with Gasteiger partial charge in [0, 0.05) is 31.9 Å². The molecule has 0 bridgehead atoms. The van der Waals surface area contributed by atoms with Crippen LogP contribution in [0.25, 0.3) is 0 Å². The first-order valence-electron chi connectivity index (χ1n) is 3.90. The maximum Gasteiger partial charge on any atom is 0.412 e. The van der Waals surface area contributed by atoms with Crippen LogP contribution in [0.2, 0.25) is 0 Å². The van der Waals surface area contributed by atoms with Gasteiger partial charge >= 0.3 is 7.55 Å². The van der Waals surface area contributed by atoms with Gasteiger partial charge in [-0.05, 0) is 0 Å². The summed E-state index contributed by atoms with van der Waals surface area (Å²) in [5, 5.41) is 2.51. The van der Waals surface area contributed by atoms with Gasteiger partial charge in [-0.3, -0.25) is 0 Å². The predicted octanol–water partition coefficient (Wildman–Crippen LogP) is -3.27. The van der Waals surface area contributed by atoms with Gasteiger partial charge in [0.1, 0.15) is 20.4 Å². The van der Waals surface area contributed by atoms with Gasteiger partial charge in [-0.25, -0.2) is 0 Å². The average Bonchev–Trinajstić information content (AvgIpc) is 2.06. The second kappa shape index (κ2) is 4.16. The van der Waals surface area contributed by atoms with E-state index in [9.17, 15) is 0 Å². The van der Waals surface area contributed by atoms with Crippen molar-refractivity contribution in [3.8, 4) is 0 Å². The Kier molecular flexibility index (Phi) is 3.17. The molecule has 0 saturated carbocycles. The molecule has 5 heteroatoms. The molecular formula is C7H17B2N3. The summed E-state index contributed by atoms with van der Waals surface area (Å²) >= 11 is 0. The summed E-state index contributed by atoms with van der Waals surface area (Å²) in [5.41, 5.74) is 1.28. The van der Waals surface area contributed by atoms with Crippen molar-refractivity contribution >= 4 is 21.2 Å². The molecule has 0 aliphatic heterocycles. The second-order valence-electron chi connectivity index (χ2n) is 2.87. The molecule has 2 N–H and O–H groups in total. The van der Waals surface area contributed by atoms with Gasteiger partial charge in [-0.1, -0.05) is 0 Å². The van der Waals surface area contributed by atoms with Gasteiger partial charge in [-0.2, -0.15) is 0 Å². The van der Waals surface area contributed by atoms with Crippen molar-refractivity contribution in [1.29, 1.82) is 0 Å². The molecular weight excluding hydrogens is 148 g/mol. The van der Waals surface area contributed by atoms with Crippen LogP contribution in [0.1, 0.15) is 0 Å². The lowest BCUT2D eigenvalue weighted by atomic mass is 10.1. The Bertz CT molecular complexity index is 235. The quantitative estimate of drug-likeness (QED) is 0.466. The zero-order chi connectivity index (χ0) is 8.97. The maximum atomic E-state index is 2.51. The third-order valence-corrected chi connectivity index (χ3v) is 1.78. The Hall–Kier alpha value is -0.960. The monoisotopic (exact) mass is 165 g/mol. The van der Waals surface area contributed by atoms with Crippen molar-refractivity contribution in [3.05, 3.63) is 24.5 Å². The third-order valence-electron chi connectivity index (χ3n) is 1.78. The number of pyridine rings is 1. The zero-order valence-corrected chi connectivity index (χ0v) is 7.28. The predicted molar refractivity (Wildman–Crippen MR) is 56.8 cm³/mol. The molecule has 0 aromatic carbocycles. The first-order chi connectivity index (χ1) is 5.74. The molecule has 1 aromatic rings. The molecule has 0 spiro atoms. The molecule has 0 amide bonds. The first-order valence-corrected chi connectivity index (χ1v) is 3.90. The van der Waals surface area contributed by atoms with Gasteiger partial charge < -0.3 is 14.5 Å². The van der Waals surface area contributed by atoms with E-state index in [0.717, 1.165) is 0 Å². The van der Waals surface area contributed by atoms with E-state index >= 15 is 0 Å². The van der Waals surface area contributed by atoms with Gasteiger partial charge in [0.05, 0.1) is 0 Å². The van der Waals surface area contributed by atoms with E-state index in [1.54, 1.807) is 0 Å². The number of nitrogens with zero attached hydrogens (tertiary/aromatic N) is 2. The zero-order valence-electron chi connectivity index (χ0n) is 7.28. The lowest BCUT2D eigenvalue weighted by molar-refractivity contribution is -0.598. The molecule has 0 saturated heterocycles. The number of hydrogen-bond donors (Lipinski definition) is 1. The average molecular weight is 165 g/mol. The standard InChI is InChI=1S/C7H17B2N3/c1-11(2)7-3-5-12(6-4-7)9-10-8/h3-6H,9-10H2,1-2,8H3. The van der Waals surface area contributed by atoms with Crippen LogP contribution in [0.5, 0.6) is 0 Å². The number of quaternary nitrogens is 1. The van der Waals surface area contributed by atoms with Crippen LogP contribution in [0.15, 0.2) is 24.5 Å². The minimum atomic E-state index is 0.0575. The summed E-state index contributed by atoms with van der Waals surface area (Å²) in [4.78, 5) is 2.13. The van der Waals surface area contributed by atoms with E-state index < -0.39 is 0 Å². The summed E-state index contributed by atoms with van der Waals surface area (Å²) in [6, 6.07) is 4.35. The van der Waals surface area contributed by atoms with Crippen LogP contribution < -0.4 is 14.5 Å². The molecule has 0 unspecified atom stereocenters. The largest absolute Gasteiger partial charge is 0.691 e. The number of aromatic nitrogens is 1. The molecule has 66 valence electrons. The summed E-state index contributed by atoms with van der Waals surface area (Å²) in [6.07, 6.45) is 4.38. The van der Waals surface area contributed by atoms with Crippen molar-refractivity contribution in [1.82, 2.24) is 0 Å². The summed E-state index contributed by atoms with van der Waals surface area (Å²) in [5.74, 6) is 0. The van der Waals surface area contributed by atoms with Gasteiger partial charge in [0.2, 0.25) is 0 Å². The third kappa shape index (κ3) is 2.27. The van der Waals surface area contributed by atoms with E-state index in [1.165, 1.54) is 5.69 Å². The van der Waals surface area contributed by atoms with Gasteiger partial charge in [-0.15, -0.1) is 0 Å². The van der Waals surface area contributed by atoms with Crippen LogP contribution in [0.4, 0.5) is 5.69 Å². The highest BCUT2D eigenvalue weighted by atomic mass is 15.1. The molecule has 0 radical (unpaired) electrons. The fourth-order valence-corrected chi connectivity index (χ4v) is 0.963. The molecule has 3 nitrogen and oxygen atoms in total. The second-order valence-corrected chi connectivity index (χ2v) is 2.87. The topological polar surface area (TPSA) is 23.7 Å². The van der Waals surface area contributed by atoms with Crippen LogP contribution in [-0.2, 0) is 0 Å². The van der Waals surface area contributed by atoms with E-state index in [4.69, 9.17) is 0 Å². The minimum Gasteiger partial charge on any atom is -0.691 e. The Balaban J connectivity index is 2.71. The maximum absolute atomic E-state index is 2.51. The van der Waals surface area contributed by atoms with Crippen molar-refractivity contribution in [2.75, 3.05) is 19.0 Å². The van der Waals surface area contributed by atoms with Gasteiger partial charge in [0.25, 0.3) is 0 Å². The Morgan fingerprint density at radius 3 is 2.42 bits per heavy atom. The normalized spacial score (nSPS) is 9.92. The smallest absolute Gasteiger partial charge is 0.412 e. The lowest BCUT2D eigenvalue weighted by Gasteiger charge is -2.12. The molecule has 0 fully saturated rings. The number of anilines is 1. The molecule has 1 rings (SSSR count). The van der Waals surface area contributed by atoms with E-state index in [1.807, 2.05) is 0 Å². The summed E-state index contributed by atoms with van der Waals surface area (Å²) in [7, 11) is 4.70. The fraction of sp³-hybridized carbons (Fsp3) is 0.286. The Labute approximate surface area is 75.1 Å². The summed E-state index contributed by atoms with van der Waals surface area (Å²) in [6.45, 7) is 0. The van der Waals surface area contributed by atoms with Crippen LogP contribution in [-0.4, -0.2) is 29.6 Å². The highest BCUT2D eigenvalue weighted by Gasteiger charge is 1.96. The molecule has 1 heterocycles. The van der Waals surface area contributed by atoms with E-state index in [-0.39, 0.29) is 7.55 Å². The number of hydrogen-bond acceptors (Lipinski definition) is 1. The van der Waals surface area contributed by atoms with Crippen molar-refractivity contribution in [2.24, 2.45) is 0 Å². The van der Waals surface area contributed by atoms with Crippen LogP contribution in [0.3, 0.4) is 0 Å². The molecule has 12 heavy (non-hydrogen) atoms. The van der Waals surface area contributed by atoms with Crippen molar-refractivity contribution < 1.29 is 9.62 Å².